The second-order valence-corrected chi connectivity index (χ2v) is 7.39. The van der Waals surface area contributed by atoms with E-state index in [1.165, 1.54) is 12.1 Å². The first-order valence-electron chi connectivity index (χ1n) is 7.20. The number of nitrogens with one attached hydrogen (secondary N) is 1. The lowest BCUT2D eigenvalue weighted by atomic mass is 10.2. The predicted octanol–water partition coefficient (Wildman–Crippen LogP) is 4.64. The fourth-order valence-electron chi connectivity index (χ4n) is 2.22. The summed E-state index contributed by atoms with van der Waals surface area (Å²) in [4.78, 5) is 2.13. The Bertz CT molecular complexity index is 773. The Kier molecular flexibility index (Phi) is 5.79. The normalized spacial score (nSPS) is 11.3. The van der Waals surface area contributed by atoms with Crippen molar-refractivity contribution in [3.63, 3.8) is 0 Å². The second-order valence-electron chi connectivity index (χ2n) is 4.90. The van der Waals surface area contributed by atoms with Crippen LogP contribution in [0.1, 0.15) is 13.8 Å². The third-order valence-corrected chi connectivity index (χ3v) is 5.53. The highest BCUT2D eigenvalue weighted by molar-refractivity contribution is 7.92. The molecule has 0 heterocycles. The summed E-state index contributed by atoms with van der Waals surface area (Å²) in [5.74, 6) is 0. The molecule has 0 saturated heterocycles. The van der Waals surface area contributed by atoms with Gasteiger partial charge >= 0.3 is 0 Å². The maximum absolute atomic E-state index is 12.4. The third-order valence-electron chi connectivity index (χ3n) is 3.43. The zero-order chi connectivity index (χ0) is 17.0. The van der Waals surface area contributed by atoms with Crippen molar-refractivity contribution in [3.05, 3.63) is 52.5 Å². The molecular formula is C16H18Cl2N2O2S. The average Bonchev–Trinajstić information content (AvgIpc) is 2.52. The minimum Gasteiger partial charge on any atom is -0.372 e. The van der Waals surface area contributed by atoms with Gasteiger partial charge in [0, 0.05) is 29.5 Å². The van der Waals surface area contributed by atoms with Gasteiger partial charge in [-0.3, -0.25) is 4.72 Å². The molecule has 0 amide bonds. The molecule has 0 saturated carbocycles. The van der Waals surface area contributed by atoms with Crippen molar-refractivity contribution in [3.8, 4) is 0 Å². The van der Waals surface area contributed by atoms with Gasteiger partial charge in [-0.2, -0.15) is 0 Å². The Morgan fingerprint density at radius 3 is 2.17 bits per heavy atom. The Morgan fingerprint density at radius 1 is 1.00 bits per heavy atom. The average molecular weight is 373 g/mol. The molecule has 0 unspecified atom stereocenters. The molecule has 7 heteroatoms. The third kappa shape index (κ3) is 4.31. The Labute approximate surface area is 147 Å². The molecule has 0 bridgehead atoms. The van der Waals surface area contributed by atoms with Gasteiger partial charge in [0.05, 0.1) is 5.02 Å². The van der Waals surface area contributed by atoms with E-state index < -0.39 is 10.0 Å². The van der Waals surface area contributed by atoms with E-state index in [-0.39, 0.29) is 9.92 Å². The quantitative estimate of drug-likeness (QED) is 0.803. The molecule has 124 valence electrons. The summed E-state index contributed by atoms with van der Waals surface area (Å²) >= 11 is 11.8. The molecule has 23 heavy (non-hydrogen) atoms. The molecule has 1 N–H and O–H groups in total. The van der Waals surface area contributed by atoms with Gasteiger partial charge in [-0.15, -0.1) is 0 Å². The lowest BCUT2D eigenvalue weighted by molar-refractivity contribution is 0.601. The molecule has 0 aromatic heterocycles. The van der Waals surface area contributed by atoms with Crippen molar-refractivity contribution in [1.29, 1.82) is 0 Å². The summed E-state index contributed by atoms with van der Waals surface area (Å²) in [6.07, 6.45) is 0. The minimum absolute atomic E-state index is 0.0421. The van der Waals surface area contributed by atoms with Crippen LogP contribution in [0, 0.1) is 0 Å². The number of halogens is 2. The number of rotatable bonds is 6. The molecule has 0 spiro atoms. The fraction of sp³-hybridized carbons (Fsp3) is 0.250. The number of benzene rings is 2. The fourth-order valence-corrected chi connectivity index (χ4v) is 4.04. The minimum atomic E-state index is -3.79. The van der Waals surface area contributed by atoms with Gasteiger partial charge in [-0.25, -0.2) is 8.42 Å². The molecule has 2 aromatic carbocycles. The van der Waals surface area contributed by atoms with Crippen LogP contribution in [0.5, 0.6) is 0 Å². The second kappa shape index (κ2) is 7.43. The first-order valence-corrected chi connectivity index (χ1v) is 9.44. The molecule has 0 aliphatic rings. The van der Waals surface area contributed by atoms with Gasteiger partial charge in [-0.05, 0) is 56.3 Å². The Hall–Kier alpha value is -1.43. The van der Waals surface area contributed by atoms with Gasteiger partial charge in [-0.1, -0.05) is 23.2 Å². The van der Waals surface area contributed by atoms with Crippen LogP contribution in [-0.4, -0.2) is 21.5 Å². The van der Waals surface area contributed by atoms with Gasteiger partial charge in [0.25, 0.3) is 10.0 Å². The van der Waals surface area contributed by atoms with Crippen LogP contribution in [0.4, 0.5) is 11.4 Å². The van der Waals surface area contributed by atoms with E-state index in [2.05, 4.69) is 23.5 Å². The highest BCUT2D eigenvalue weighted by Crippen LogP contribution is 2.27. The molecule has 2 aromatic rings. The van der Waals surface area contributed by atoms with Crippen molar-refractivity contribution < 1.29 is 8.42 Å². The first kappa shape index (κ1) is 17.9. The van der Waals surface area contributed by atoms with Gasteiger partial charge < -0.3 is 4.90 Å². The van der Waals surface area contributed by atoms with Crippen LogP contribution in [0.15, 0.2) is 47.4 Å². The number of hydrogen-bond acceptors (Lipinski definition) is 3. The van der Waals surface area contributed by atoms with E-state index in [1.807, 2.05) is 12.1 Å². The van der Waals surface area contributed by atoms with E-state index in [4.69, 9.17) is 23.2 Å². The van der Waals surface area contributed by atoms with Crippen LogP contribution in [-0.2, 0) is 10.0 Å². The highest BCUT2D eigenvalue weighted by atomic mass is 35.5. The number of sulfonamides is 1. The van der Waals surface area contributed by atoms with Crippen LogP contribution >= 0.6 is 23.2 Å². The zero-order valence-corrected chi connectivity index (χ0v) is 15.2. The van der Waals surface area contributed by atoms with Gasteiger partial charge in [0.1, 0.15) is 4.90 Å². The lowest BCUT2D eigenvalue weighted by Crippen LogP contribution is -2.21. The summed E-state index contributed by atoms with van der Waals surface area (Å²) in [7, 11) is -3.79. The van der Waals surface area contributed by atoms with Gasteiger partial charge in [0.15, 0.2) is 0 Å². The van der Waals surface area contributed by atoms with Gasteiger partial charge in [0.2, 0.25) is 0 Å². The molecule has 2 rings (SSSR count). The van der Waals surface area contributed by atoms with Crippen molar-refractivity contribution in [1.82, 2.24) is 0 Å². The van der Waals surface area contributed by atoms with E-state index in [1.54, 1.807) is 18.2 Å². The highest BCUT2D eigenvalue weighted by Gasteiger charge is 2.18. The molecule has 0 fully saturated rings. The Morgan fingerprint density at radius 2 is 1.61 bits per heavy atom. The van der Waals surface area contributed by atoms with Crippen LogP contribution in [0.3, 0.4) is 0 Å². The monoisotopic (exact) mass is 372 g/mol. The molecular weight excluding hydrogens is 355 g/mol. The topological polar surface area (TPSA) is 49.4 Å². The van der Waals surface area contributed by atoms with E-state index in [0.717, 1.165) is 18.8 Å². The van der Waals surface area contributed by atoms with Crippen molar-refractivity contribution >= 4 is 44.6 Å². The van der Waals surface area contributed by atoms with Crippen molar-refractivity contribution in [2.24, 2.45) is 0 Å². The number of anilines is 2. The maximum atomic E-state index is 12.4. The molecule has 0 aliphatic heterocycles. The summed E-state index contributed by atoms with van der Waals surface area (Å²) in [5, 5.41) is 0.438. The Balaban J connectivity index is 2.25. The van der Waals surface area contributed by atoms with Crippen LogP contribution < -0.4 is 9.62 Å². The molecule has 0 radical (unpaired) electrons. The number of hydrogen-bond donors (Lipinski definition) is 1. The standard InChI is InChI=1S/C16H18Cl2N2O2S/c1-3-20(4-2)14-8-6-13(7-9-14)19-23(21,22)16-11-12(17)5-10-15(16)18/h5-11,19H,3-4H2,1-2H3. The summed E-state index contributed by atoms with van der Waals surface area (Å²) in [6, 6.07) is 11.5. The first-order chi connectivity index (χ1) is 10.9. The SMILES string of the molecule is CCN(CC)c1ccc(NS(=O)(=O)c2cc(Cl)ccc2Cl)cc1. The van der Waals surface area contributed by atoms with Crippen LogP contribution in [0.2, 0.25) is 10.0 Å². The van der Waals surface area contributed by atoms with E-state index in [0.29, 0.717) is 10.7 Å². The smallest absolute Gasteiger partial charge is 0.263 e. The summed E-state index contributed by atoms with van der Waals surface area (Å²) in [6.45, 7) is 5.92. The lowest BCUT2D eigenvalue weighted by Gasteiger charge is -2.21. The summed E-state index contributed by atoms with van der Waals surface area (Å²) < 4.78 is 27.4. The van der Waals surface area contributed by atoms with Crippen LogP contribution in [0.25, 0.3) is 0 Å². The van der Waals surface area contributed by atoms with Crippen molar-refractivity contribution in [2.75, 3.05) is 22.7 Å². The maximum Gasteiger partial charge on any atom is 0.263 e. The molecule has 4 nitrogen and oxygen atoms in total. The number of nitrogens with zero attached hydrogens (tertiary/aromatic N) is 1. The zero-order valence-electron chi connectivity index (χ0n) is 12.9. The summed E-state index contributed by atoms with van der Waals surface area (Å²) in [5.41, 5.74) is 1.51. The van der Waals surface area contributed by atoms with E-state index >= 15 is 0 Å². The largest absolute Gasteiger partial charge is 0.372 e. The molecule has 0 aliphatic carbocycles. The molecule has 0 atom stereocenters. The predicted molar refractivity (Wildman–Crippen MR) is 97.3 cm³/mol. The van der Waals surface area contributed by atoms with Crippen molar-refractivity contribution in [2.45, 2.75) is 18.7 Å². The van der Waals surface area contributed by atoms with E-state index in [9.17, 15) is 8.42 Å².